The molecule has 0 aliphatic carbocycles. The first-order valence-corrected chi connectivity index (χ1v) is 5.78. The molecule has 1 rings (SSSR count). The zero-order valence-electron chi connectivity index (χ0n) is 11.1. The van der Waals surface area contributed by atoms with Gasteiger partial charge in [-0.25, -0.2) is 4.79 Å². The van der Waals surface area contributed by atoms with Gasteiger partial charge in [0, 0.05) is 11.6 Å². The molecule has 0 saturated carbocycles. The third-order valence-corrected chi connectivity index (χ3v) is 2.63. The second-order valence-corrected chi connectivity index (χ2v) is 3.87. The van der Waals surface area contributed by atoms with E-state index >= 15 is 0 Å². The lowest BCUT2D eigenvalue weighted by Gasteiger charge is -2.13. The highest BCUT2D eigenvalue weighted by atomic mass is 16.5. The Hall–Kier alpha value is -2.24. The summed E-state index contributed by atoms with van der Waals surface area (Å²) >= 11 is 0. The standard InChI is InChI=1S/C13H17NO5/c1-4-11(13(16)17)14-12(15)8-5-9(18-2)7-10(6-8)19-3/h5-7,11H,4H2,1-3H3,(H,14,15)(H,16,17)/t11-/m0/s1. The number of carbonyl (C=O) groups excluding carboxylic acids is 1. The topological polar surface area (TPSA) is 84.9 Å². The van der Waals surface area contributed by atoms with Gasteiger partial charge >= 0.3 is 5.97 Å². The molecule has 1 aromatic rings. The lowest BCUT2D eigenvalue weighted by molar-refractivity contribution is -0.139. The molecule has 6 heteroatoms. The van der Waals surface area contributed by atoms with Crippen LogP contribution in [0.15, 0.2) is 18.2 Å². The molecule has 1 atom stereocenters. The van der Waals surface area contributed by atoms with Crippen LogP contribution in [0.1, 0.15) is 23.7 Å². The molecular weight excluding hydrogens is 250 g/mol. The van der Waals surface area contributed by atoms with Gasteiger partial charge in [0.1, 0.15) is 17.5 Å². The summed E-state index contributed by atoms with van der Waals surface area (Å²) in [6, 6.07) is 3.76. The normalized spacial score (nSPS) is 11.5. The van der Waals surface area contributed by atoms with Crippen LogP contribution in [0.2, 0.25) is 0 Å². The molecule has 0 aliphatic heterocycles. The van der Waals surface area contributed by atoms with E-state index in [4.69, 9.17) is 14.6 Å². The van der Waals surface area contributed by atoms with Crippen molar-refractivity contribution in [1.82, 2.24) is 5.32 Å². The minimum absolute atomic E-state index is 0.288. The maximum atomic E-state index is 12.0. The first-order valence-electron chi connectivity index (χ1n) is 5.78. The quantitative estimate of drug-likeness (QED) is 0.811. The summed E-state index contributed by atoms with van der Waals surface area (Å²) in [6.45, 7) is 1.69. The van der Waals surface area contributed by atoms with E-state index in [0.29, 0.717) is 17.9 Å². The van der Waals surface area contributed by atoms with Crippen LogP contribution < -0.4 is 14.8 Å². The van der Waals surface area contributed by atoms with Gasteiger partial charge in [0.2, 0.25) is 0 Å². The molecule has 0 unspecified atom stereocenters. The molecule has 19 heavy (non-hydrogen) atoms. The molecular formula is C13H17NO5. The lowest BCUT2D eigenvalue weighted by atomic mass is 10.1. The van der Waals surface area contributed by atoms with Gasteiger partial charge in [-0.2, -0.15) is 0 Å². The SMILES string of the molecule is CC[C@H](NC(=O)c1cc(OC)cc(OC)c1)C(=O)O. The van der Waals surface area contributed by atoms with Crippen molar-refractivity contribution in [2.75, 3.05) is 14.2 Å². The fraction of sp³-hybridized carbons (Fsp3) is 0.385. The van der Waals surface area contributed by atoms with Crippen LogP contribution in [0.25, 0.3) is 0 Å². The Kier molecular flexibility index (Phi) is 5.17. The zero-order valence-corrected chi connectivity index (χ0v) is 11.1. The van der Waals surface area contributed by atoms with Crippen molar-refractivity contribution in [3.05, 3.63) is 23.8 Å². The Labute approximate surface area is 111 Å². The van der Waals surface area contributed by atoms with Gasteiger partial charge in [-0.3, -0.25) is 4.79 Å². The second-order valence-electron chi connectivity index (χ2n) is 3.87. The zero-order chi connectivity index (χ0) is 14.4. The summed E-state index contributed by atoms with van der Waals surface area (Å²) in [5.41, 5.74) is 0.288. The Morgan fingerprint density at radius 3 is 2.11 bits per heavy atom. The second kappa shape index (κ2) is 6.63. The molecule has 0 bridgehead atoms. The summed E-state index contributed by atoms with van der Waals surface area (Å²) in [5.74, 6) is -0.613. The van der Waals surface area contributed by atoms with Gasteiger partial charge in [0.15, 0.2) is 0 Å². The Morgan fingerprint density at radius 1 is 1.21 bits per heavy atom. The molecule has 1 amide bonds. The Morgan fingerprint density at radius 2 is 1.74 bits per heavy atom. The minimum Gasteiger partial charge on any atom is -0.497 e. The predicted octanol–water partition coefficient (Wildman–Crippen LogP) is 1.30. The van der Waals surface area contributed by atoms with Gasteiger partial charge in [0.25, 0.3) is 5.91 Å². The molecule has 104 valence electrons. The summed E-state index contributed by atoms with van der Waals surface area (Å²) in [6.07, 6.45) is 0.308. The van der Waals surface area contributed by atoms with Crippen molar-refractivity contribution in [2.45, 2.75) is 19.4 Å². The van der Waals surface area contributed by atoms with E-state index in [1.54, 1.807) is 13.0 Å². The number of nitrogens with one attached hydrogen (secondary N) is 1. The first kappa shape index (κ1) is 14.8. The number of carboxylic acids is 1. The maximum absolute atomic E-state index is 12.0. The molecule has 6 nitrogen and oxygen atoms in total. The van der Waals surface area contributed by atoms with E-state index < -0.39 is 17.9 Å². The van der Waals surface area contributed by atoms with E-state index in [1.807, 2.05) is 0 Å². The number of amides is 1. The summed E-state index contributed by atoms with van der Waals surface area (Å²) in [7, 11) is 2.95. The third kappa shape index (κ3) is 3.87. The summed E-state index contributed by atoms with van der Waals surface area (Å²) in [5, 5.41) is 11.3. The highest BCUT2D eigenvalue weighted by molar-refractivity contribution is 5.97. The van der Waals surface area contributed by atoms with Crippen LogP contribution in [0.4, 0.5) is 0 Å². The third-order valence-electron chi connectivity index (χ3n) is 2.63. The number of hydrogen-bond donors (Lipinski definition) is 2. The van der Waals surface area contributed by atoms with Crippen molar-refractivity contribution >= 4 is 11.9 Å². The molecule has 0 aliphatic rings. The van der Waals surface area contributed by atoms with Gasteiger partial charge in [0.05, 0.1) is 14.2 Å². The van der Waals surface area contributed by atoms with Crippen LogP contribution in [-0.2, 0) is 4.79 Å². The van der Waals surface area contributed by atoms with Crippen LogP contribution in [0.3, 0.4) is 0 Å². The molecule has 2 N–H and O–H groups in total. The summed E-state index contributed by atoms with van der Waals surface area (Å²) in [4.78, 5) is 22.8. The van der Waals surface area contributed by atoms with E-state index in [1.165, 1.54) is 26.4 Å². The summed E-state index contributed by atoms with van der Waals surface area (Å²) < 4.78 is 10.1. The van der Waals surface area contributed by atoms with Gasteiger partial charge in [-0.15, -0.1) is 0 Å². The molecule has 0 radical (unpaired) electrons. The molecule has 0 saturated heterocycles. The highest BCUT2D eigenvalue weighted by Crippen LogP contribution is 2.22. The fourth-order valence-electron chi connectivity index (χ4n) is 1.52. The Bertz CT molecular complexity index is 450. The fourth-order valence-corrected chi connectivity index (χ4v) is 1.52. The van der Waals surface area contributed by atoms with Gasteiger partial charge < -0.3 is 19.9 Å². The molecule has 0 fully saturated rings. The lowest BCUT2D eigenvalue weighted by Crippen LogP contribution is -2.40. The van der Waals surface area contributed by atoms with E-state index in [-0.39, 0.29) is 5.56 Å². The number of hydrogen-bond acceptors (Lipinski definition) is 4. The predicted molar refractivity (Wildman–Crippen MR) is 68.7 cm³/mol. The highest BCUT2D eigenvalue weighted by Gasteiger charge is 2.19. The van der Waals surface area contributed by atoms with Gasteiger partial charge in [-0.1, -0.05) is 6.92 Å². The minimum atomic E-state index is -1.06. The molecule has 0 spiro atoms. The molecule has 0 heterocycles. The maximum Gasteiger partial charge on any atom is 0.326 e. The number of carbonyl (C=O) groups is 2. The van der Waals surface area contributed by atoms with Crippen molar-refractivity contribution in [1.29, 1.82) is 0 Å². The van der Waals surface area contributed by atoms with Crippen LogP contribution >= 0.6 is 0 Å². The molecule has 0 aromatic heterocycles. The van der Waals surface area contributed by atoms with Crippen molar-refractivity contribution in [3.63, 3.8) is 0 Å². The number of rotatable bonds is 6. The van der Waals surface area contributed by atoms with Crippen molar-refractivity contribution in [3.8, 4) is 11.5 Å². The van der Waals surface area contributed by atoms with Crippen molar-refractivity contribution < 1.29 is 24.2 Å². The monoisotopic (exact) mass is 267 g/mol. The molecule has 1 aromatic carbocycles. The average Bonchev–Trinajstić information content (AvgIpc) is 2.43. The number of benzene rings is 1. The van der Waals surface area contributed by atoms with E-state index in [0.717, 1.165) is 0 Å². The van der Waals surface area contributed by atoms with Crippen molar-refractivity contribution in [2.24, 2.45) is 0 Å². The number of carboxylic acid groups (broad SMARTS) is 1. The number of aliphatic carboxylic acids is 1. The first-order chi connectivity index (χ1) is 9.01. The van der Waals surface area contributed by atoms with Crippen LogP contribution in [0.5, 0.6) is 11.5 Å². The Balaban J connectivity index is 2.95. The van der Waals surface area contributed by atoms with Crippen LogP contribution in [-0.4, -0.2) is 37.2 Å². The van der Waals surface area contributed by atoms with Crippen LogP contribution in [0, 0.1) is 0 Å². The average molecular weight is 267 g/mol. The largest absolute Gasteiger partial charge is 0.497 e. The van der Waals surface area contributed by atoms with Gasteiger partial charge in [-0.05, 0) is 18.6 Å². The number of methoxy groups -OCH3 is 2. The number of ether oxygens (including phenoxy) is 2. The van der Waals surface area contributed by atoms with E-state index in [9.17, 15) is 9.59 Å². The smallest absolute Gasteiger partial charge is 0.326 e. The van der Waals surface area contributed by atoms with E-state index in [2.05, 4.69) is 5.32 Å².